The number of rotatable bonds is 6. The molecule has 3 aromatic rings. The topological polar surface area (TPSA) is 123 Å². The van der Waals surface area contributed by atoms with E-state index in [1.165, 1.54) is 14.0 Å². The van der Waals surface area contributed by atoms with Gasteiger partial charge in [-0.2, -0.15) is 0 Å². The predicted molar refractivity (Wildman–Crippen MR) is 141 cm³/mol. The quantitative estimate of drug-likeness (QED) is 0.301. The summed E-state index contributed by atoms with van der Waals surface area (Å²) >= 11 is 0. The van der Waals surface area contributed by atoms with Crippen molar-refractivity contribution in [3.8, 4) is 0 Å². The van der Waals surface area contributed by atoms with Gasteiger partial charge in [0, 0.05) is 29.4 Å². The van der Waals surface area contributed by atoms with Gasteiger partial charge in [-0.25, -0.2) is 4.79 Å². The van der Waals surface area contributed by atoms with Crippen LogP contribution < -0.4 is 21.7 Å². The second-order valence-electron chi connectivity index (χ2n) is 9.11. The monoisotopic (exact) mass is 484 g/mol. The molecular weight excluding hydrogens is 456 g/mol. The molecule has 1 aliphatic rings. The Morgan fingerprint density at radius 2 is 1.67 bits per heavy atom. The molecule has 0 aromatic heterocycles. The Kier molecular flexibility index (Phi) is 6.63. The smallest absolute Gasteiger partial charge is 0.337 e. The Labute approximate surface area is 209 Å². The standard InChI is InChI=1S/C28H28N4O4/c1-16(33)30-23-15-19(11-13-21(23)28(2,3)29)31-25(17-8-6-5-7-9-17)24-20-12-10-18(27(35)36-4)14-22(20)32-26(24)34/h5-15,31H,29H2,1-4H3,(H,30,33)(H,32,34). The number of amides is 2. The van der Waals surface area contributed by atoms with Crippen molar-refractivity contribution in [3.63, 3.8) is 0 Å². The number of esters is 1. The van der Waals surface area contributed by atoms with Crippen LogP contribution in [-0.2, 0) is 19.9 Å². The van der Waals surface area contributed by atoms with Gasteiger partial charge in [0.2, 0.25) is 5.91 Å². The van der Waals surface area contributed by atoms with Crippen LogP contribution in [0.15, 0.2) is 66.7 Å². The van der Waals surface area contributed by atoms with Gasteiger partial charge in [0.05, 0.1) is 29.6 Å². The molecule has 0 saturated heterocycles. The summed E-state index contributed by atoms with van der Waals surface area (Å²) in [7, 11) is 1.31. The molecule has 0 fully saturated rings. The van der Waals surface area contributed by atoms with E-state index in [0.717, 1.165) is 11.1 Å². The number of benzene rings is 3. The summed E-state index contributed by atoms with van der Waals surface area (Å²) in [5.41, 5.74) is 11.0. The van der Waals surface area contributed by atoms with Gasteiger partial charge in [-0.15, -0.1) is 0 Å². The normalized spacial score (nSPS) is 14.0. The molecule has 0 radical (unpaired) electrons. The fourth-order valence-corrected chi connectivity index (χ4v) is 4.17. The molecule has 0 aliphatic carbocycles. The van der Waals surface area contributed by atoms with Crippen molar-refractivity contribution in [3.05, 3.63) is 89.0 Å². The number of ether oxygens (including phenoxy) is 1. The Bertz CT molecular complexity index is 1390. The van der Waals surface area contributed by atoms with E-state index in [1.54, 1.807) is 24.3 Å². The molecule has 1 aliphatic heterocycles. The van der Waals surface area contributed by atoms with Crippen LogP contribution in [0.1, 0.15) is 47.8 Å². The summed E-state index contributed by atoms with van der Waals surface area (Å²) in [6.07, 6.45) is 0. The van der Waals surface area contributed by atoms with Crippen LogP contribution in [0.25, 0.3) is 11.3 Å². The first-order valence-electron chi connectivity index (χ1n) is 11.4. The Hall–Kier alpha value is -4.43. The van der Waals surface area contributed by atoms with Crippen molar-refractivity contribution >= 4 is 46.1 Å². The van der Waals surface area contributed by atoms with E-state index in [4.69, 9.17) is 10.5 Å². The van der Waals surface area contributed by atoms with E-state index >= 15 is 0 Å². The number of fused-ring (bicyclic) bond motifs is 1. The van der Waals surface area contributed by atoms with Crippen LogP contribution in [0.2, 0.25) is 0 Å². The minimum Gasteiger partial charge on any atom is -0.465 e. The molecule has 5 N–H and O–H groups in total. The van der Waals surface area contributed by atoms with Gasteiger partial charge in [-0.05, 0) is 49.2 Å². The zero-order chi connectivity index (χ0) is 26.0. The highest BCUT2D eigenvalue weighted by Crippen LogP contribution is 2.39. The number of hydrogen-bond acceptors (Lipinski definition) is 6. The molecule has 3 aromatic carbocycles. The van der Waals surface area contributed by atoms with Gasteiger partial charge >= 0.3 is 5.97 Å². The maximum atomic E-state index is 13.2. The number of nitrogens with two attached hydrogens (primary N) is 1. The van der Waals surface area contributed by atoms with Crippen LogP contribution >= 0.6 is 0 Å². The molecule has 8 nitrogen and oxygen atoms in total. The second-order valence-corrected chi connectivity index (χ2v) is 9.11. The largest absolute Gasteiger partial charge is 0.465 e. The molecule has 0 spiro atoms. The van der Waals surface area contributed by atoms with Crippen molar-refractivity contribution in [2.24, 2.45) is 5.73 Å². The maximum Gasteiger partial charge on any atom is 0.337 e. The number of methoxy groups -OCH3 is 1. The van der Waals surface area contributed by atoms with Gasteiger partial charge in [0.1, 0.15) is 0 Å². The lowest BCUT2D eigenvalue weighted by Crippen LogP contribution is -2.30. The molecule has 4 rings (SSSR count). The molecule has 184 valence electrons. The average Bonchev–Trinajstić information content (AvgIpc) is 3.16. The second kappa shape index (κ2) is 9.67. The number of hydrogen-bond donors (Lipinski definition) is 4. The summed E-state index contributed by atoms with van der Waals surface area (Å²) in [5, 5.41) is 9.09. The molecule has 0 atom stereocenters. The van der Waals surface area contributed by atoms with Gasteiger partial charge in [0.25, 0.3) is 5.91 Å². The fraction of sp³-hybridized carbons (Fsp3) is 0.179. The van der Waals surface area contributed by atoms with E-state index in [9.17, 15) is 14.4 Å². The van der Waals surface area contributed by atoms with Crippen LogP contribution in [0.3, 0.4) is 0 Å². The molecule has 0 saturated carbocycles. The maximum absolute atomic E-state index is 13.2. The average molecular weight is 485 g/mol. The van der Waals surface area contributed by atoms with Crippen molar-refractivity contribution in [2.75, 3.05) is 23.1 Å². The number of anilines is 3. The third kappa shape index (κ3) is 4.99. The van der Waals surface area contributed by atoms with Gasteiger partial charge in [0.15, 0.2) is 0 Å². The molecule has 0 bridgehead atoms. The zero-order valence-electron chi connectivity index (χ0n) is 20.6. The molecule has 8 heteroatoms. The lowest BCUT2D eigenvalue weighted by Gasteiger charge is -2.24. The Balaban J connectivity index is 1.86. The summed E-state index contributed by atoms with van der Waals surface area (Å²) in [5.74, 6) is -1.01. The van der Waals surface area contributed by atoms with E-state index in [1.807, 2.05) is 56.3 Å². The van der Waals surface area contributed by atoms with Crippen LogP contribution in [0.5, 0.6) is 0 Å². The minimum atomic E-state index is -0.682. The SMILES string of the molecule is COC(=O)c1ccc2c(c1)NC(=O)C2=C(Nc1ccc(C(C)(C)N)c(NC(C)=O)c1)c1ccccc1. The van der Waals surface area contributed by atoms with Gasteiger partial charge in [-0.3, -0.25) is 9.59 Å². The molecule has 36 heavy (non-hydrogen) atoms. The molecule has 2 amide bonds. The number of nitrogens with one attached hydrogen (secondary N) is 3. The Morgan fingerprint density at radius 3 is 2.31 bits per heavy atom. The van der Waals surface area contributed by atoms with E-state index < -0.39 is 11.5 Å². The van der Waals surface area contributed by atoms with Crippen molar-refractivity contribution in [1.29, 1.82) is 0 Å². The Morgan fingerprint density at radius 1 is 0.944 bits per heavy atom. The summed E-state index contributed by atoms with van der Waals surface area (Å²) < 4.78 is 4.80. The van der Waals surface area contributed by atoms with Crippen molar-refractivity contribution in [1.82, 2.24) is 0 Å². The highest BCUT2D eigenvalue weighted by Gasteiger charge is 2.29. The molecular formula is C28H28N4O4. The van der Waals surface area contributed by atoms with Crippen molar-refractivity contribution < 1.29 is 19.1 Å². The summed E-state index contributed by atoms with van der Waals surface area (Å²) in [6, 6.07) is 19.9. The first-order valence-corrected chi connectivity index (χ1v) is 11.4. The highest BCUT2D eigenvalue weighted by atomic mass is 16.5. The number of carbonyl (C=O) groups excluding carboxylic acids is 3. The van der Waals surface area contributed by atoms with Gasteiger partial charge in [-0.1, -0.05) is 42.5 Å². The van der Waals surface area contributed by atoms with Crippen molar-refractivity contribution in [2.45, 2.75) is 26.3 Å². The van der Waals surface area contributed by atoms with E-state index in [0.29, 0.717) is 39.5 Å². The third-order valence-corrected chi connectivity index (χ3v) is 5.79. The summed E-state index contributed by atoms with van der Waals surface area (Å²) in [6.45, 7) is 5.16. The van der Waals surface area contributed by atoms with Crippen LogP contribution in [0, 0.1) is 0 Å². The molecule has 0 unspecified atom stereocenters. The zero-order valence-corrected chi connectivity index (χ0v) is 20.6. The summed E-state index contributed by atoms with van der Waals surface area (Å²) in [4.78, 5) is 37.0. The van der Waals surface area contributed by atoms with E-state index in [-0.39, 0.29) is 11.8 Å². The predicted octanol–water partition coefficient (Wildman–Crippen LogP) is 4.56. The third-order valence-electron chi connectivity index (χ3n) is 5.79. The minimum absolute atomic E-state index is 0.218. The highest BCUT2D eigenvalue weighted by molar-refractivity contribution is 6.37. The lowest BCUT2D eigenvalue weighted by molar-refractivity contribution is -0.114. The first-order chi connectivity index (χ1) is 17.1. The van der Waals surface area contributed by atoms with Crippen LogP contribution in [0.4, 0.5) is 17.1 Å². The van der Waals surface area contributed by atoms with E-state index in [2.05, 4.69) is 16.0 Å². The number of carbonyl (C=O) groups is 3. The van der Waals surface area contributed by atoms with Crippen LogP contribution in [-0.4, -0.2) is 24.9 Å². The lowest BCUT2D eigenvalue weighted by atomic mass is 9.93. The molecule has 1 heterocycles. The van der Waals surface area contributed by atoms with Gasteiger partial charge < -0.3 is 26.4 Å². The fourth-order valence-electron chi connectivity index (χ4n) is 4.17. The first kappa shape index (κ1) is 24.7.